The van der Waals surface area contributed by atoms with Gasteiger partial charge >= 0.3 is 0 Å². The number of anilines is 1. The highest BCUT2D eigenvalue weighted by Gasteiger charge is 2.24. The number of nitriles is 1. The van der Waals surface area contributed by atoms with Crippen LogP contribution in [0.2, 0.25) is 0 Å². The van der Waals surface area contributed by atoms with Crippen LogP contribution in [0.5, 0.6) is 0 Å². The normalized spacial score (nSPS) is 16.1. The molecule has 0 saturated carbocycles. The summed E-state index contributed by atoms with van der Waals surface area (Å²) in [7, 11) is 0. The molecule has 1 fully saturated rings. The van der Waals surface area contributed by atoms with Gasteiger partial charge in [0.15, 0.2) is 0 Å². The molecule has 2 amide bonds. The summed E-state index contributed by atoms with van der Waals surface area (Å²) in [4.78, 5) is 25.1. The molecule has 1 heterocycles. The van der Waals surface area contributed by atoms with Crippen molar-refractivity contribution in [1.82, 2.24) is 4.90 Å². The van der Waals surface area contributed by atoms with E-state index in [0.717, 1.165) is 0 Å². The third-order valence-corrected chi connectivity index (χ3v) is 3.68. The number of piperidine rings is 1. The van der Waals surface area contributed by atoms with Crippen molar-refractivity contribution in [3.05, 3.63) is 29.8 Å². The van der Waals surface area contributed by atoms with Crippen molar-refractivity contribution in [2.24, 2.45) is 11.7 Å². The van der Waals surface area contributed by atoms with Gasteiger partial charge in [0.2, 0.25) is 11.8 Å². The molecule has 21 heavy (non-hydrogen) atoms. The Morgan fingerprint density at radius 1 is 1.33 bits per heavy atom. The predicted octanol–water partition coefficient (Wildman–Crippen LogP) is 0.694. The number of carbonyl (C=O) groups excluding carboxylic acids is 2. The molecular formula is C15H18N4O2. The maximum absolute atomic E-state index is 12.0. The number of benzene rings is 1. The molecule has 0 unspecified atom stereocenters. The number of hydrogen-bond acceptors (Lipinski definition) is 4. The second-order valence-electron chi connectivity index (χ2n) is 5.16. The SMILES string of the molecule is N#Cc1ccccc1NC(=O)CN1CCC(C(N)=O)CC1. The average Bonchev–Trinajstić information content (AvgIpc) is 2.48. The zero-order valence-electron chi connectivity index (χ0n) is 11.7. The Morgan fingerprint density at radius 3 is 2.62 bits per heavy atom. The maximum Gasteiger partial charge on any atom is 0.238 e. The third kappa shape index (κ3) is 4.04. The number of amides is 2. The van der Waals surface area contributed by atoms with Crippen LogP contribution in [0.4, 0.5) is 5.69 Å². The summed E-state index contributed by atoms with van der Waals surface area (Å²) in [5.74, 6) is -0.499. The van der Waals surface area contributed by atoms with Crippen LogP contribution in [0.3, 0.4) is 0 Å². The van der Waals surface area contributed by atoms with Gasteiger partial charge in [-0.05, 0) is 38.1 Å². The lowest BCUT2D eigenvalue weighted by molar-refractivity contribution is -0.123. The van der Waals surface area contributed by atoms with Gasteiger partial charge in [0.25, 0.3) is 0 Å². The van der Waals surface area contributed by atoms with Crippen LogP contribution in [0, 0.1) is 17.2 Å². The van der Waals surface area contributed by atoms with E-state index in [1.165, 1.54) is 0 Å². The molecule has 0 aliphatic carbocycles. The minimum Gasteiger partial charge on any atom is -0.369 e. The van der Waals surface area contributed by atoms with Crippen LogP contribution in [-0.4, -0.2) is 36.3 Å². The Hall–Kier alpha value is -2.39. The molecule has 2 rings (SSSR count). The van der Waals surface area contributed by atoms with Gasteiger partial charge in [-0.15, -0.1) is 0 Å². The molecular weight excluding hydrogens is 268 g/mol. The van der Waals surface area contributed by atoms with Gasteiger partial charge in [-0.25, -0.2) is 0 Å². The fraction of sp³-hybridized carbons (Fsp3) is 0.400. The lowest BCUT2D eigenvalue weighted by atomic mass is 9.96. The fourth-order valence-electron chi connectivity index (χ4n) is 2.46. The summed E-state index contributed by atoms with van der Waals surface area (Å²) in [5, 5.41) is 11.7. The Kier molecular flexibility index (Phi) is 4.90. The Morgan fingerprint density at radius 2 is 2.00 bits per heavy atom. The van der Waals surface area contributed by atoms with Gasteiger partial charge in [-0.1, -0.05) is 12.1 Å². The van der Waals surface area contributed by atoms with Crippen molar-refractivity contribution in [2.45, 2.75) is 12.8 Å². The number of nitrogens with two attached hydrogens (primary N) is 1. The number of nitrogens with one attached hydrogen (secondary N) is 1. The molecule has 1 aromatic carbocycles. The van der Waals surface area contributed by atoms with Crippen molar-refractivity contribution in [3.63, 3.8) is 0 Å². The first-order valence-electron chi connectivity index (χ1n) is 6.91. The zero-order valence-corrected chi connectivity index (χ0v) is 11.7. The minimum atomic E-state index is -0.262. The topological polar surface area (TPSA) is 99.2 Å². The summed E-state index contributed by atoms with van der Waals surface area (Å²) in [6, 6.07) is 8.93. The summed E-state index contributed by atoms with van der Waals surface area (Å²) in [6.07, 6.45) is 1.38. The highest BCUT2D eigenvalue weighted by atomic mass is 16.2. The van der Waals surface area contributed by atoms with Crippen LogP contribution in [0.15, 0.2) is 24.3 Å². The molecule has 6 nitrogen and oxygen atoms in total. The number of hydrogen-bond donors (Lipinski definition) is 2. The molecule has 0 radical (unpaired) electrons. The Balaban J connectivity index is 1.86. The maximum atomic E-state index is 12.0. The van der Waals surface area contributed by atoms with Crippen molar-refractivity contribution in [2.75, 3.05) is 25.0 Å². The van der Waals surface area contributed by atoms with Gasteiger partial charge in [-0.3, -0.25) is 14.5 Å². The molecule has 1 aromatic rings. The van der Waals surface area contributed by atoms with Crippen LogP contribution < -0.4 is 11.1 Å². The number of rotatable bonds is 4. The average molecular weight is 286 g/mol. The van der Waals surface area contributed by atoms with Gasteiger partial charge in [-0.2, -0.15) is 5.26 Å². The van der Waals surface area contributed by atoms with E-state index in [1.807, 2.05) is 11.0 Å². The fourth-order valence-corrected chi connectivity index (χ4v) is 2.46. The van der Waals surface area contributed by atoms with E-state index in [1.54, 1.807) is 24.3 Å². The molecule has 1 aliphatic rings. The molecule has 0 spiro atoms. The minimum absolute atomic E-state index is 0.0800. The van der Waals surface area contributed by atoms with E-state index >= 15 is 0 Å². The highest BCUT2D eigenvalue weighted by molar-refractivity contribution is 5.93. The lowest BCUT2D eigenvalue weighted by Crippen LogP contribution is -2.42. The monoisotopic (exact) mass is 286 g/mol. The number of nitrogens with zero attached hydrogens (tertiary/aromatic N) is 2. The molecule has 1 saturated heterocycles. The Bertz CT molecular complexity index is 571. The van der Waals surface area contributed by atoms with E-state index in [-0.39, 0.29) is 24.3 Å². The van der Waals surface area contributed by atoms with Gasteiger partial charge in [0.05, 0.1) is 17.8 Å². The van der Waals surface area contributed by atoms with E-state index in [0.29, 0.717) is 37.2 Å². The van der Waals surface area contributed by atoms with Crippen LogP contribution in [-0.2, 0) is 9.59 Å². The van der Waals surface area contributed by atoms with Gasteiger partial charge in [0, 0.05) is 5.92 Å². The van der Waals surface area contributed by atoms with Crippen LogP contribution in [0.1, 0.15) is 18.4 Å². The smallest absolute Gasteiger partial charge is 0.238 e. The van der Waals surface area contributed by atoms with E-state index in [4.69, 9.17) is 11.0 Å². The second kappa shape index (κ2) is 6.86. The van der Waals surface area contributed by atoms with E-state index in [9.17, 15) is 9.59 Å². The second-order valence-corrected chi connectivity index (χ2v) is 5.16. The molecule has 1 aliphatic heterocycles. The lowest BCUT2D eigenvalue weighted by Gasteiger charge is -2.29. The van der Waals surface area contributed by atoms with Gasteiger partial charge in [0.1, 0.15) is 6.07 Å². The standard InChI is InChI=1S/C15H18N4O2/c16-9-12-3-1-2-4-13(12)18-14(20)10-19-7-5-11(6-8-19)15(17)21/h1-4,11H,5-8,10H2,(H2,17,21)(H,18,20). The van der Waals surface area contributed by atoms with Crippen molar-refractivity contribution < 1.29 is 9.59 Å². The third-order valence-electron chi connectivity index (χ3n) is 3.68. The molecule has 110 valence electrons. The van der Waals surface area contributed by atoms with Crippen molar-refractivity contribution in [3.8, 4) is 6.07 Å². The van der Waals surface area contributed by atoms with Crippen molar-refractivity contribution >= 4 is 17.5 Å². The first kappa shape index (κ1) is 15.0. The van der Waals surface area contributed by atoms with Crippen LogP contribution >= 0.6 is 0 Å². The summed E-state index contributed by atoms with van der Waals surface area (Å²) in [6.45, 7) is 1.62. The molecule has 3 N–H and O–H groups in total. The first-order valence-corrected chi connectivity index (χ1v) is 6.91. The van der Waals surface area contributed by atoms with Gasteiger partial charge < -0.3 is 11.1 Å². The zero-order chi connectivity index (χ0) is 15.2. The number of para-hydroxylation sites is 1. The largest absolute Gasteiger partial charge is 0.369 e. The first-order chi connectivity index (χ1) is 10.1. The van der Waals surface area contributed by atoms with E-state index < -0.39 is 0 Å². The molecule has 6 heteroatoms. The molecule has 0 bridgehead atoms. The summed E-state index contributed by atoms with van der Waals surface area (Å²) < 4.78 is 0. The van der Waals surface area contributed by atoms with Crippen molar-refractivity contribution in [1.29, 1.82) is 5.26 Å². The predicted molar refractivity (Wildman–Crippen MR) is 78.1 cm³/mol. The molecule has 0 aromatic heterocycles. The molecule has 0 atom stereocenters. The number of primary amides is 1. The number of carbonyl (C=O) groups is 2. The summed E-state index contributed by atoms with van der Waals surface area (Å²) in [5.41, 5.74) is 6.25. The van der Waals surface area contributed by atoms with Crippen LogP contribution in [0.25, 0.3) is 0 Å². The summed E-state index contributed by atoms with van der Waals surface area (Å²) >= 11 is 0. The number of likely N-dealkylation sites (tertiary alicyclic amines) is 1. The Labute approximate surface area is 123 Å². The quantitative estimate of drug-likeness (QED) is 0.850. The van der Waals surface area contributed by atoms with E-state index in [2.05, 4.69) is 5.32 Å². The highest BCUT2D eigenvalue weighted by Crippen LogP contribution is 2.17.